The van der Waals surface area contributed by atoms with E-state index in [0.29, 0.717) is 48.1 Å². The molecule has 2 heterocycles. The van der Waals surface area contributed by atoms with Gasteiger partial charge in [0.15, 0.2) is 0 Å². The molecule has 3 N–H and O–H groups in total. The van der Waals surface area contributed by atoms with Gasteiger partial charge in [-0.15, -0.1) is 0 Å². The number of hydrogen-bond acceptors (Lipinski definition) is 8. The van der Waals surface area contributed by atoms with Crippen molar-refractivity contribution in [3.8, 4) is 34.4 Å². The zero-order chi connectivity index (χ0) is 30.1. The van der Waals surface area contributed by atoms with Gasteiger partial charge in [-0.2, -0.15) is 5.26 Å². The number of methoxy groups -OCH3 is 2. The zero-order valence-corrected chi connectivity index (χ0v) is 24.2. The lowest BCUT2D eigenvalue weighted by Gasteiger charge is -2.71. The summed E-state index contributed by atoms with van der Waals surface area (Å²) in [5.41, 5.74) is 8.60. The van der Waals surface area contributed by atoms with Crippen LogP contribution in [0.2, 0.25) is 0 Å². The van der Waals surface area contributed by atoms with Crippen molar-refractivity contribution < 1.29 is 28.5 Å². The predicted molar refractivity (Wildman–Crippen MR) is 156 cm³/mol. The summed E-state index contributed by atoms with van der Waals surface area (Å²) in [5.74, 6) is 0.209. The highest BCUT2D eigenvalue weighted by molar-refractivity contribution is 5.92. The van der Waals surface area contributed by atoms with E-state index in [1.54, 1.807) is 32.5 Å². The van der Waals surface area contributed by atoms with Gasteiger partial charge in [-0.3, -0.25) is 14.6 Å². The second kappa shape index (κ2) is 11.6. The van der Waals surface area contributed by atoms with E-state index in [0.717, 1.165) is 29.5 Å². The molecule has 2 amide bonds. The van der Waals surface area contributed by atoms with Crippen LogP contribution < -0.4 is 25.3 Å². The molecule has 4 aliphatic rings. The second-order valence-corrected chi connectivity index (χ2v) is 11.3. The molecule has 10 nitrogen and oxygen atoms in total. The van der Waals surface area contributed by atoms with Crippen LogP contribution in [-0.4, -0.2) is 50.3 Å². The normalized spacial score (nSPS) is 24.1. The topological polar surface area (TPSA) is 146 Å². The number of primary amides is 1. The number of rotatable bonds is 10. The van der Waals surface area contributed by atoms with Gasteiger partial charge in [-0.05, 0) is 59.9 Å². The maximum absolute atomic E-state index is 13.5. The van der Waals surface area contributed by atoms with Crippen molar-refractivity contribution in [1.29, 1.82) is 5.26 Å². The molecule has 3 aromatic rings. The number of amides is 2. The van der Waals surface area contributed by atoms with Gasteiger partial charge in [0.2, 0.25) is 11.8 Å². The van der Waals surface area contributed by atoms with Crippen LogP contribution in [0.15, 0.2) is 54.7 Å². The average molecular weight is 583 g/mol. The summed E-state index contributed by atoms with van der Waals surface area (Å²) >= 11 is 0. The smallest absolute Gasteiger partial charge is 0.224 e. The molecule has 3 aliphatic carbocycles. The fourth-order valence-corrected chi connectivity index (χ4v) is 6.93. The Morgan fingerprint density at radius 1 is 1.05 bits per heavy atom. The number of nitrogens with two attached hydrogens (primary N) is 1. The lowest BCUT2D eigenvalue weighted by Crippen LogP contribution is -2.78. The van der Waals surface area contributed by atoms with E-state index < -0.39 is 23.2 Å². The van der Waals surface area contributed by atoms with Crippen LogP contribution >= 0.6 is 0 Å². The number of carbonyl (C=O) groups excluding carboxylic acids is 2. The lowest BCUT2D eigenvalue weighted by molar-refractivity contribution is -0.203. The van der Waals surface area contributed by atoms with Gasteiger partial charge < -0.3 is 30.0 Å². The highest BCUT2D eigenvalue weighted by atomic mass is 16.5. The van der Waals surface area contributed by atoms with Gasteiger partial charge in [0, 0.05) is 48.3 Å². The highest BCUT2D eigenvalue weighted by Crippen LogP contribution is 2.72. The van der Waals surface area contributed by atoms with Crippen LogP contribution in [0.25, 0.3) is 11.1 Å². The van der Waals surface area contributed by atoms with Crippen LogP contribution in [0, 0.1) is 29.1 Å². The first-order chi connectivity index (χ1) is 20.9. The SMILES string of the molecule is COc1ccc(CNC(=O)C2C3CC2(c2cc(-c4ccc(OC5CCOCC5)c(C#N)c4)ccn2)C3C(N)=O)c(OC)c1. The number of aromatic nitrogens is 1. The average Bonchev–Trinajstić information content (AvgIpc) is 2.99. The first-order valence-electron chi connectivity index (χ1n) is 14.4. The summed E-state index contributed by atoms with van der Waals surface area (Å²) in [6.45, 7) is 1.56. The Hall–Kier alpha value is -4.62. The molecular weight excluding hydrogens is 548 g/mol. The van der Waals surface area contributed by atoms with Gasteiger partial charge in [0.25, 0.3) is 0 Å². The number of benzene rings is 2. The van der Waals surface area contributed by atoms with E-state index in [1.807, 2.05) is 36.4 Å². The van der Waals surface area contributed by atoms with E-state index in [2.05, 4.69) is 16.4 Å². The Bertz CT molecular complexity index is 1600. The van der Waals surface area contributed by atoms with Crippen molar-refractivity contribution in [2.45, 2.75) is 37.3 Å². The monoisotopic (exact) mass is 582 g/mol. The number of ether oxygens (including phenoxy) is 4. The molecule has 7 rings (SSSR count). The van der Waals surface area contributed by atoms with Crippen LogP contribution in [0.1, 0.15) is 36.1 Å². The quantitative estimate of drug-likeness (QED) is 0.369. The first-order valence-corrected chi connectivity index (χ1v) is 14.4. The minimum atomic E-state index is -0.773. The molecule has 1 saturated heterocycles. The van der Waals surface area contributed by atoms with Gasteiger partial charge in [-0.1, -0.05) is 6.07 Å². The summed E-state index contributed by atoms with van der Waals surface area (Å²) in [6, 6.07) is 17.0. The van der Waals surface area contributed by atoms with Gasteiger partial charge in [-0.25, -0.2) is 0 Å². The third kappa shape index (κ3) is 4.93. The van der Waals surface area contributed by atoms with Crippen molar-refractivity contribution in [1.82, 2.24) is 10.3 Å². The molecule has 2 aromatic carbocycles. The Labute approximate surface area is 250 Å². The van der Waals surface area contributed by atoms with Gasteiger partial charge in [0.05, 0.1) is 44.8 Å². The molecule has 4 unspecified atom stereocenters. The molecule has 4 fully saturated rings. The van der Waals surface area contributed by atoms with E-state index in [-0.39, 0.29) is 24.5 Å². The lowest BCUT2D eigenvalue weighted by atomic mass is 9.30. The van der Waals surface area contributed by atoms with E-state index in [4.69, 9.17) is 24.7 Å². The number of carbonyl (C=O) groups is 2. The maximum Gasteiger partial charge on any atom is 0.224 e. The van der Waals surface area contributed by atoms with Crippen LogP contribution in [0.4, 0.5) is 0 Å². The van der Waals surface area contributed by atoms with E-state index >= 15 is 0 Å². The summed E-state index contributed by atoms with van der Waals surface area (Å²) in [4.78, 5) is 30.7. The molecule has 10 heteroatoms. The third-order valence-electron chi connectivity index (χ3n) is 9.21. The molecule has 0 spiro atoms. The molecule has 1 aromatic heterocycles. The standard InChI is InChI=1S/C33H34N4O6/c1-40-24-5-3-21(27(15-24)41-2)18-37-32(39)30-25-16-33(30,29(25)31(35)38)28-14-20(7-10-36-28)19-4-6-26(22(13-19)17-34)43-23-8-11-42-12-9-23/h3-7,10,13-15,23,25,29-30H,8-9,11-12,16,18H2,1-2H3,(H2,35,38)(H,37,39). The van der Waals surface area contributed by atoms with Gasteiger partial charge in [0.1, 0.15) is 29.4 Å². The molecule has 222 valence electrons. The molecule has 4 atom stereocenters. The third-order valence-corrected chi connectivity index (χ3v) is 9.21. The highest BCUT2D eigenvalue weighted by Gasteiger charge is 2.78. The first kappa shape index (κ1) is 28.5. The molecule has 0 radical (unpaired) electrons. The number of nitrogens with one attached hydrogen (secondary N) is 1. The molecule has 3 saturated carbocycles. The number of nitriles is 1. The number of pyridine rings is 1. The van der Waals surface area contributed by atoms with Crippen LogP contribution in [-0.2, 0) is 26.3 Å². The largest absolute Gasteiger partial charge is 0.497 e. The summed E-state index contributed by atoms with van der Waals surface area (Å²) in [5, 5.41) is 12.9. The minimum absolute atomic E-state index is 0.0168. The maximum atomic E-state index is 13.5. The summed E-state index contributed by atoms with van der Waals surface area (Å²) in [7, 11) is 3.15. The Kier molecular flexibility index (Phi) is 7.67. The zero-order valence-electron chi connectivity index (χ0n) is 24.2. The Morgan fingerprint density at radius 2 is 1.84 bits per heavy atom. The second-order valence-electron chi connectivity index (χ2n) is 11.3. The predicted octanol–water partition coefficient (Wildman–Crippen LogP) is 3.50. The van der Waals surface area contributed by atoms with Crippen molar-refractivity contribution in [2.24, 2.45) is 23.5 Å². The van der Waals surface area contributed by atoms with Crippen LogP contribution in [0.5, 0.6) is 17.2 Å². The molecule has 2 bridgehead atoms. The number of nitrogens with zero attached hydrogens (tertiary/aromatic N) is 2. The van der Waals surface area contributed by atoms with E-state index in [9.17, 15) is 14.9 Å². The van der Waals surface area contributed by atoms with Crippen molar-refractivity contribution in [3.63, 3.8) is 0 Å². The Morgan fingerprint density at radius 3 is 2.53 bits per heavy atom. The van der Waals surface area contributed by atoms with Gasteiger partial charge >= 0.3 is 0 Å². The number of hydrogen-bond donors (Lipinski definition) is 2. The molecular formula is C33H34N4O6. The molecule has 43 heavy (non-hydrogen) atoms. The summed E-state index contributed by atoms with van der Waals surface area (Å²) in [6.07, 6.45) is 3.92. The summed E-state index contributed by atoms with van der Waals surface area (Å²) < 4.78 is 22.3. The fraction of sp³-hybridized carbons (Fsp3) is 0.394. The minimum Gasteiger partial charge on any atom is -0.497 e. The van der Waals surface area contributed by atoms with Crippen molar-refractivity contribution in [2.75, 3.05) is 27.4 Å². The Balaban J connectivity index is 1.23. The fourth-order valence-electron chi connectivity index (χ4n) is 6.93. The van der Waals surface area contributed by atoms with E-state index in [1.165, 1.54) is 0 Å². The van der Waals surface area contributed by atoms with Crippen molar-refractivity contribution in [3.05, 3.63) is 71.5 Å². The van der Waals surface area contributed by atoms with Crippen LogP contribution in [0.3, 0.4) is 0 Å². The molecule has 1 aliphatic heterocycles. The van der Waals surface area contributed by atoms with Crippen molar-refractivity contribution >= 4 is 11.8 Å².